The molecule has 1 aliphatic rings. The van der Waals surface area contributed by atoms with Gasteiger partial charge in [0, 0.05) is 31.2 Å². The zero-order valence-electron chi connectivity index (χ0n) is 12.0. The highest BCUT2D eigenvalue weighted by atomic mass is 15.2. The Morgan fingerprint density at radius 2 is 2.05 bits per heavy atom. The third-order valence-corrected chi connectivity index (χ3v) is 4.20. The molecule has 0 saturated carbocycles. The van der Waals surface area contributed by atoms with Crippen molar-refractivity contribution in [3.05, 3.63) is 53.1 Å². The van der Waals surface area contributed by atoms with Crippen LogP contribution in [0.25, 0.3) is 0 Å². The maximum Gasteiger partial charge on any atom is 0.0784 e. The van der Waals surface area contributed by atoms with Crippen LogP contribution in [0.5, 0.6) is 0 Å². The summed E-state index contributed by atoms with van der Waals surface area (Å²) < 4.78 is 0. The Morgan fingerprint density at radius 1 is 1.25 bits per heavy atom. The van der Waals surface area contributed by atoms with Gasteiger partial charge < -0.3 is 5.73 Å². The first-order chi connectivity index (χ1) is 9.66. The van der Waals surface area contributed by atoms with Gasteiger partial charge in [-0.3, -0.25) is 14.9 Å². The molecule has 4 nitrogen and oxygen atoms in total. The molecule has 0 amide bonds. The predicted octanol–water partition coefficient (Wildman–Crippen LogP) is 2.49. The molecule has 2 heterocycles. The molecule has 1 aromatic heterocycles. The van der Waals surface area contributed by atoms with E-state index in [0.717, 1.165) is 36.6 Å². The Morgan fingerprint density at radius 3 is 2.85 bits per heavy atom. The molecule has 2 N–H and O–H groups in total. The van der Waals surface area contributed by atoms with Crippen molar-refractivity contribution in [1.29, 1.82) is 0 Å². The summed E-state index contributed by atoms with van der Waals surface area (Å²) >= 11 is 0. The lowest BCUT2D eigenvalue weighted by Crippen LogP contribution is -2.34. The second-order valence-corrected chi connectivity index (χ2v) is 5.41. The lowest BCUT2D eigenvalue weighted by Gasteiger charge is -2.34. The Kier molecular flexibility index (Phi) is 3.40. The molecule has 4 heteroatoms. The van der Waals surface area contributed by atoms with E-state index >= 15 is 0 Å². The van der Waals surface area contributed by atoms with Gasteiger partial charge in [-0.2, -0.15) is 0 Å². The number of aryl methyl sites for hydroxylation is 1. The SMILES string of the molecule is Cc1nccnc1C(C)N1CCc2cccc(N)c2C1. The first kappa shape index (κ1) is 13.1. The summed E-state index contributed by atoms with van der Waals surface area (Å²) in [6, 6.07) is 6.47. The lowest BCUT2D eigenvalue weighted by molar-refractivity contribution is 0.188. The van der Waals surface area contributed by atoms with Gasteiger partial charge in [0.15, 0.2) is 0 Å². The highest BCUT2D eigenvalue weighted by Crippen LogP contribution is 2.30. The van der Waals surface area contributed by atoms with E-state index in [1.165, 1.54) is 11.1 Å². The number of rotatable bonds is 2. The van der Waals surface area contributed by atoms with Crippen LogP contribution < -0.4 is 5.73 Å². The van der Waals surface area contributed by atoms with E-state index in [1.807, 2.05) is 19.1 Å². The first-order valence-corrected chi connectivity index (χ1v) is 7.04. The van der Waals surface area contributed by atoms with Crippen LogP contribution in [0.2, 0.25) is 0 Å². The van der Waals surface area contributed by atoms with E-state index in [-0.39, 0.29) is 6.04 Å². The zero-order chi connectivity index (χ0) is 14.1. The molecule has 1 unspecified atom stereocenters. The summed E-state index contributed by atoms with van der Waals surface area (Å²) in [7, 11) is 0. The fourth-order valence-electron chi connectivity index (χ4n) is 2.96. The van der Waals surface area contributed by atoms with Crippen molar-refractivity contribution < 1.29 is 0 Å². The van der Waals surface area contributed by atoms with Gasteiger partial charge in [-0.25, -0.2) is 0 Å². The number of nitrogen functional groups attached to an aromatic ring is 1. The first-order valence-electron chi connectivity index (χ1n) is 7.04. The number of fused-ring (bicyclic) bond motifs is 1. The lowest BCUT2D eigenvalue weighted by atomic mass is 9.96. The summed E-state index contributed by atoms with van der Waals surface area (Å²) in [5, 5.41) is 0. The monoisotopic (exact) mass is 268 g/mol. The molecule has 104 valence electrons. The van der Waals surface area contributed by atoms with Crippen molar-refractivity contribution in [1.82, 2.24) is 14.9 Å². The number of nitrogens with zero attached hydrogens (tertiary/aromatic N) is 3. The average molecular weight is 268 g/mol. The number of aromatic nitrogens is 2. The van der Waals surface area contributed by atoms with E-state index in [0.29, 0.717) is 0 Å². The molecule has 3 rings (SSSR count). The summed E-state index contributed by atoms with van der Waals surface area (Å²) in [5.41, 5.74) is 11.7. The second-order valence-electron chi connectivity index (χ2n) is 5.41. The Hall–Kier alpha value is -1.94. The smallest absolute Gasteiger partial charge is 0.0784 e. The highest BCUT2D eigenvalue weighted by Gasteiger charge is 2.24. The van der Waals surface area contributed by atoms with Gasteiger partial charge in [0.25, 0.3) is 0 Å². The van der Waals surface area contributed by atoms with Gasteiger partial charge in [-0.05, 0) is 37.5 Å². The molecular formula is C16H20N4. The molecule has 0 bridgehead atoms. The maximum atomic E-state index is 6.12. The maximum absolute atomic E-state index is 6.12. The summed E-state index contributed by atoms with van der Waals surface area (Å²) in [6.07, 6.45) is 4.56. The van der Waals surface area contributed by atoms with Crippen LogP contribution >= 0.6 is 0 Å². The van der Waals surface area contributed by atoms with Crippen molar-refractivity contribution in [3.63, 3.8) is 0 Å². The van der Waals surface area contributed by atoms with Crippen molar-refractivity contribution >= 4 is 5.69 Å². The van der Waals surface area contributed by atoms with Gasteiger partial charge in [0.1, 0.15) is 0 Å². The van der Waals surface area contributed by atoms with Crippen LogP contribution in [0.1, 0.15) is 35.5 Å². The van der Waals surface area contributed by atoms with E-state index in [1.54, 1.807) is 12.4 Å². The van der Waals surface area contributed by atoms with Crippen LogP contribution in [0, 0.1) is 6.92 Å². The number of anilines is 1. The molecule has 0 saturated heterocycles. The fourth-order valence-corrected chi connectivity index (χ4v) is 2.96. The Balaban J connectivity index is 1.87. The van der Waals surface area contributed by atoms with Gasteiger partial charge in [0.2, 0.25) is 0 Å². The normalized spacial score (nSPS) is 16.7. The molecule has 0 spiro atoms. The number of hydrogen-bond donors (Lipinski definition) is 1. The van der Waals surface area contributed by atoms with Gasteiger partial charge in [-0.1, -0.05) is 12.1 Å². The summed E-state index contributed by atoms with van der Waals surface area (Å²) in [5.74, 6) is 0. The van der Waals surface area contributed by atoms with E-state index in [9.17, 15) is 0 Å². The summed E-state index contributed by atoms with van der Waals surface area (Å²) in [6.45, 7) is 6.14. The molecule has 1 aliphatic heterocycles. The van der Waals surface area contributed by atoms with Crippen LogP contribution in [-0.4, -0.2) is 21.4 Å². The third kappa shape index (κ3) is 2.27. The quantitative estimate of drug-likeness (QED) is 0.850. The minimum absolute atomic E-state index is 0.261. The van der Waals surface area contributed by atoms with Crippen molar-refractivity contribution in [2.75, 3.05) is 12.3 Å². The molecule has 1 atom stereocenters. The minimum atomic E-state index is 0.261. The Labute approximate surface area is 119 Å². The molecule has 0 radical (unpaired) electrons. The highest BCUT2D eigenvalue weighted by molar-refractivity contribution is 5.51. The fraction of sp³-hybridized carbons (Fsp3) is 0.375. The third-order valence-electron chi connectivity index (χ3n) is 4.20. The molecular weight excluding hydrogens is 248 g/mol. The van der Waals surface area contributed by atoms with Gasteiger partial charge in [-0.15, -0.1) is 0 Å². The van der Waals surface area contributed by atoms with Crippen LogP contribution in [-0.2, 0) is 13.0 Å². The largest absolute Gasteiger partial charge is 0.398 e. The Bertz CT molecular complexity index is 624. The number of nitrogens with two attached hydrogens (primary N) is 1. The standard InChI is InChI=1S/C16H20N4/c1-11-16(19-8-7-18-11)12(2)20-9-6-13-4-3-5-15(17)14(13)10-20/h3-5,7-8,12H,6,9-10,17H2,1-2H3. The molecule has 0 fully saturated rings. The topological polar surface area (TPSA) is 55.0 Å². The van der Waals surface area contributed by atoms with Gasteiger partial charge >= 0.3 is 0 Å². The van der Waals surface area contributed by atoms with E-state index in [4.69, 9.17) is 5.73 Å². The zero-order valence-corrected chi connectivity index (χ0v) is 12.0. The molecule has 2 aromatic rings. The van der Waals surface area contributed by atoms with E-state index < -0.39 is 0 Å². The molecule has 20 heavy (non-hydrogen) atoms. The number of hydrogen-bond acceptors (Lipinski definition) is 4. The minimum Gasteiger partial charge on any atom is -0.398 e. The van der Waals surface area contributed by atoms with Crippen LogP contribution in [0.15, 0.2) is 30.6 Å². The van der Waals surface area contributed by atoms with Crippen LogP contribution in [0.3, 0.4) is 0 Å². The van der Waals surface area contributed by atoms with E-state index in [2.05, 4.69) is 27.9 Å². The molecule has 1 aromatic carbocycles. The van der Waals surface area contributed by atoms with Crippen molar-refractivity contribution in [3.8, 4) is 0 Å². The van der Waals surface area contributed by atoms with Gasteiger partial charge in [0.05, 0.1) is 17.4 Å². The number of benzene rings is 1. The average Bonchev–Trinajstić information content (AvgIpc) is 2.47. The summed E-state index contributed by atoms with van der Waals surface area (Å²) in [4.78, 5) is 11.3. The van der Waals surface area contributed by atoms with Crippen molar-refractivity contribution in [2.45, 2.75) is 32.9 Å². The van der Waals surface area contributed by atoms with Crippen LogP contribution in [0.4, 0.5) is 5.69 Å². The molecule has 0 aliphatic carbocycles. The van der Waals surface area contributed by atoms with Crippen molar-refractivity contribution in [2.24, 2.45) is 0 Å². The second kappa shape index (κ2) is 5.21. The predicted molar refractivity (Wildman–Crippen MR) is 80.2 cm³/mol.